The van der Waals surface area contributed by atoms with Crippen LogP contribution in [0.15, 0.2) is 40.9 Å². The van der Waals surface area contributed by atoms with Crippen LogP contribution in [0, 0.1) is 6.92 Å². The molecule has 0 atom stereocenters. The number of carbonyl (C=O) groups excluding carboxylic acids is 1. The second-order valence-corrected chi connectivity index (χ2v) is 6.22. The van der Waals surface area contributed by atoms with Crippen LogP contribution in [0.2, 0.25) is 5.02 Å². The van der Waals surface area contributed by atoms with Crippen molar-refractivity contribution >= 4 is 39.1 Å². The summed E-state index contributed by atoms with van der Waals surface area (Å²) in [5.74, 6) is -0.124. The van der Waals surface area contributed by atoms with Crippen molar-refractivity contribution in [1.82, 2.24) is 0 Å². The summed E-state index contributed by atoms with van der Waals surface area (Å²) in [7, 11) is 0. The van der Waals surface area contributed by atoms with Crippen LogP contribution in [-0.2, 0) is 11.0 Å². The predicted molar refractivity (Wildman–Crippen MR) is 89.5 cm³/mol. The average molecular weight is 423 g/mol. The van der Waals surface area contributed by atoms with Gasteiger partial charge in [0.05, 0.1) is 15.1 Å². The number of halogens is 5. The summed E-state index contributed by atoms with van der Waals surface area (Å²) in [6.07, 6.45) is -4.60. The molecule has 0 aromatic heterocycles. The van der Waals surface area contributed by atoms with E-state index in [1.165, 1.54) is 6.07 Å². The zero-order valence-electron chi connectivity index (χ0n) is 12.4. The van der Waals surface area contributed by atoms with E-state index in [1.807, 2.05) is 19.1 Å². The summed E-state index contributed by atoms with van der Waals surface area (Å²) < 4.78 is 44.4. The number of hydrogen-bond acceptors (Lipinski definition) is 2. The molecule has 24 heavy (non-hydrogen) atoms. The molecule has 0 aliphatic heterocycles. The molecule has 3 nitrogen and oxygen atoms in total. The maximum Gasteiger partial charge on any atom is 0.417 e. The van der Waals surface area contributed by atoms with Crippen LogP contribution in [0.1, 0.15) is 11.1 Å². The zero-order chi connectivity index (χ0) is 17.9. The normalized spacial score (nSPS) is 11.2. The monoisotopic (exact) mass is 421 g/mol. The number of anilines is 1. The van der Waals surface area contributed by atoms with Crippen LogP contribution < -0.4 is 10.1 Å². The fraction of sp³-hybridized carbons (Fsp3) is 0.188. The Labute approximate surface area is 149 Å². The summed E-state index contributed by atoms with van der Waals surface area (Å²) >= 11 is 8.83. The van der Waals surface area contributed by atoms with E-state index in [4.69, 9.17) is 16.3 Å². The molecule has 0 saturated heterocycles. The second-order valence-electron chi connectivity index (χ2n) is 4.96. The van der Waals surface area contributed by atoms with Crippen LogP contribution in [0.3, 0.4) is 0 Å². The molecule has 128 valence electrons. The summed E-state index contributed by atoms with van der Waals surface area (Å²) in [5, 5.41) is 1.91. The minimum atomic E-state index is -4.60. The van der Waals surface area contributed by atoms with E-state index in [0.717, 1.165) is 17.7 Å². The van der Waals surface area contributed by atoms with Gasteiger partial charge >= 0.3 is 6.18 Å². The molecule has 2 aromatic rings. The Balaban J connectivity index is 2.02. The van der Waals surface area contributed by atoms with Gasteiger partial charge in [0.1, 0.15) is 5.75 Å². The molecule has 0 fully saturated rings. The van der Waals surface area contributed by atoms with Crippen molar-refractivity contribution in [3.8, 4) is 5.75 Å². The van der Waals surface area contributed by atoms with Gasteiger partial charge in [0.15, 0.2) is 6.61 Å². The van der Waals surface area contributed by atoms with Crippen LogP contribution in [0.25, 0.3) is 0 Å². The fourth-order valence-corrected chi connectivity index (χ4v) is 2.72. The lowest BCUT2D eigenvalue weighted by Crippen LogP contribution is -2.20. The minimum Gasteiger partial charge on any atom is -0.483 e. The summed E-state index contributed by atoms with van der Waals surface area (Å²) in [6.45, 7) is 1.56. The highest BCUT2D eigenvalue weighted by atomic mass is 79.9. The maximum atomic E-state index is 12.8. The van der Waals surface area contributed by atoms with Crippen LogP contribution >= 0.6 is 27.5 Å². The van der Waals surface area contributed by atoms with Gasteiger partial charge in [-0.2, -0.15) is 13.2 Å². The Hall–Kier alpha value is -1.73. The first-order chi connectivity index (χ1) is 11.2. The number of carbonyl (C=O) groups is 1. The van der Waals surface area contributed by atoms with Gasteiger partial charge < -0.3 is 10.1 Å². The molecule has 0 spiro atoms. The third-order valence-electron chi connectivity index (χ3n) is 3.00. The van der Waals surface area contributed by atoms with E-state index in [-0.39, 0.29) is 12.3 Å². The van der Waals surface area contributed by atoms with Gasteiger partial charge in [0.25, 0.3) is 5.91 Å². The van der Waals surface area contributed by atoms with Crippen molar-refractivity contribution in [1.29, 1.82) is 0 Å². The van der Waals surface area contributed by atoms with Gasteiger partial charge in [-0.15, -0.1) is 0 Å². The molecule has 8 heteroatoms. The second kappa shape index (κ2) is 7.44. The van der Waals surface area contributed by atoms with Crippen molar-refractivity contribution < 1.29 is 22.7 Å². The summed E-state index contributed by atoms with van der Waals surface area (Å²) in [4.78, 5) is 11.8. The molecule has 1 amide bonds. The number of hydrogen-bond donors (Lipinski definition) is 1. The Kier molecular flexibility index (Phi) is 5.77. The van der Waals surface area contributed by atoms with E-state index < -0.39 is 22.7 Å². The maximum absolute atomic E-state index is 12.8. The number of amides is 1. The number of benzene rings is 2. The molecule has 0 radical (unpaired) electrons. The lowest BCUT2D eigenvalue weighted by atomic mass is 10.2. The molecule has 0 aliphatic carbocycles. The average Bonchev–Trinajstić information content (AvgIpc) is 2.47. The van der Waals surface area contributed by atoms with Crippen molar-refractivity contribution in [2.75, 3.05) is 11.9 Å². The molecule has 0 saturated carbocycles. The van der Waals surface area contributed by atoms with Gasteiger partial charge in [-0.05, 0) is 58.7 Å². The highest BCUT2D eigenvalue weighted by molar-refractivity contribution is 9.10. The first kappa shape index (κ1) is 18.6. The number of alkyl halides is 3. The lowest BCUT2D eigenvalue weighted by Gasteiger charge is -2.12. The topological polar surface area (TPSA) is 38.3 Å². The summed E-state index contributed by atoms with van der Waals surface area (Å²) in [5.41, 5.74) is -0.00742. The standard InChI is InChI=1S/C16H12BrClF3NO2/c1-9-2-5-14(12(17)6-9)24-8-15(23)22-10-3-4-13(18)11(7-10)16(19,20)21/h2-7H,8H2,1H3,(H,22,23). The van der Waals surface area contributed by atoms with Crippen molar-refractivity contribution in [3.05, 3.63) is 57.0 Å². The van der Waals surface area contributed by atoms with E-state index in [0.29, 0.717) is 10.2 Å². The van der Waals surface area contributed by atoms with Crippen LogP contribution in [0.4, 0.5) is 18.9 Å². The molecule has 0 bridgehead atoms. The highest BCUT2D eigenvalue weighted by Gasteiger charge is 2.33. The van der Waals surface area contributed by atoms with E-state index in [1.54, 1.807) is 6.07 Å². The Morgan fingerprint density at radius 1 is 1.25 bits per heavy atom. The molecule has 2 rings (SSSR count). The molecule has 0 heterocycles. The lowest BCUT2D eigenvalue weighted by molar-refractivity contribution is -0.137. The third kappa shape index (κ3) is 4.88. The number of rotatable bonds is 4. The van der Waals surface area contributed by atoms with Crippen LogP contribution in [-0.4, -0.2) is 12.5 Å². The Morgan fingerprint density at radius 3 is 2.58 bits per heavy atom. The molecular weight excluding hydrogens is 411 g/mol. The first-order valence-electron chi connectivity index (χ1n) is 6.72. The largest absolute Gasteiger partial charge is 0.483 e. The van der Waals surface area contributed by atoms with Gasteiger partial charge in [0, 0.05) is 5.69 Å². The quantitative estimate of drug-likeness (QED) is 0.712. The van der Waals surface area contributed by atoms with Gasteiger partial charge in [-0.1, -0.05) is 17.7 Å². The smallest absolute Gasteiger partial charge is 0.417 e. The molecule has 2 aromatic carbocycles. The van der Waals surface area contributed by atoms with E-state index in [9.17, 15) is 18.0 Å². The predicted octanol–water partition coefficient (Wildman–Crippen LogP) is 5.45. The molecule has 1 N–H and O–H groups in total. The third-order valence-corrected chi connectivity index (χ3v) is 3.95. The van der Waals surface area contributed by atoms with Crippen molar-refractivity contribution in [2.45, 2.75) is 13.1 Å². The van der Waals surface area contributed by atoms with Gasteiger partial charge in [-0.3, -0.25) is 4.79 Å². The SMILES string of the molecule is Cc1ccc(OCC(=O)Nc2ccc(Cl)c(C(F)(F)F)c2)c(Br)c1. The van der Waals surface area contributed by atoms with Crippen LogP contribution in [0.5, 0.6) is 5.75 Å². The molecule has 0 aliphatic rings. The van der Waals surface area contributed by atoms with Crippen molar-refractivity contribution in [2.24, 2.45) is 0 Å². The van der Waals surface area contributed by atoms with E-state index >= 15 is 0 Å². The fourth-order valence-electron chi connectivity index (χ4n) is 1.88. The van der Waals surface area contributed by atoms with Crippen molar-refractivity contribution in [3.63, 3.8) is 0 Å². The minimum absolute atomic E-state index is 0.0108. The van der Waals surface area contributed by atoms with Gasteiger partial charge in [0.2, 0.25) is 0 Å². The van der Waals surface area contributed by atoms with Gasteiger partial charge in [-0.25, -0.2) is 0 Å². The van der Waals surface area contributed by atoms with E-state index in [2.05, 4.69) is 21.2 Å². The molecule has 0 unspecified atom stereocenters. The zero-order valence-corrected chi connectivity index (χ0v) is 14.7. The Bertz CT molecular complexity index is 765. The highest BCUT2D eigenvalue weighted by Crippen LogP contribution is 2.36. The number of nitrogens with one attached hydrogen (secondary N) is 1. The summed E-state index contributed by atoms with van der Waals surface area (Å²) in [6, 6.07) is 8.47. The number of aryl methyl sites for hydroxylation is 1. The Morgan fingerprint density at radius 2 is 1.96 bits per heavy atom. The molecular formula is C16H12BrClF3NO2. The number of ether oxygens (including phenoxy) is 1. The first-order valence-corrected chi connectivity index (χ1v) is 7.89.